The summed E-state index contributed by atoms with van der Waals surface area (Å²) in [5.74, 6) is -1.19. The van der Waals surface area contributed by atoms with E-state index in [4.69, 9.17) is 0 Å². The minimum Gasteiger partial charge on any atom is -0.463 e. The summed E-state index contributed by atoms with van der Waals surface area (Å²) in [6, 6.07) is 0. The lowest BCUT2D eigenvalue weighted by atomic mass is 10.2. The van der Waals surface area contributed by atoms with Gasteiger partial charge in [0.15, 0.2) is 0 Å². The van der Waals surface area contributed by atoms with Crippen LogP contribution in [0.15, 0.2) is 0 Å². The van der Waals surface area contributed by atoms with Crippen LogP contribution in [0.5, 0.6) is 0 Å². The molecule has 0 unspecified atom stereocenters. The first-order valence-corrected chi connectivity index (χ1v) is 3.83. The number of ether oxygens (including phenoxy) is 1. The molecule has 0 fully saturated rings. The molecule has 4 nitrogen and oxygen atoms in total. The Labute approximate surface area is 72.5 Å². The van der Waals surface area contributed by atoms with E-state index in [1.165, 1.54) is 7.11 Å². The predicted octanol–water partition coefficient (Wildman–Crippen LogP) is 0.0703. The fourth-order valence-electron chi connectivity index (χ4n) is 0.772. The molecule has 0 aromatic rings. The highest BCUT2D eigenvalue weighted by atomic mass is 16.5. The third kappa shape index (κ3) is 4.85. The normalized spacial score (nSPS) is 10.0. The summed E-state index contributed by atoms with van der Waals surface area (Å²) in [5, 5.41) is 0. The largest absolute Gasteiger partial charge is 0.463 e. The standard InChI is InChI=1S/C8H15NO3/c1-9(2)6-4-5-7(10)8(11)12-3/h4-6H2,1-3H3. The number of hydrogen-bond acceptors (Lipinski definition) is 4. The van der Waals surface area contributed by atoms with Crippen LogP contribution in [0.25, 0.3) is 0 Å². The van der Waals surface area contributed by atoms with Gasteiger partial charge in [-0.2, -0.15) is 0 Å². The van der Waals surface area contributed by atoms with Gasteiger partial charge >= 0.3 is 5.97 Å². The first kappa shape index (κ1) is 11.1. The van der Waals surface area contributed by atoms with Gasteiger partial charge < -0.3 is 9.64 Å². The Kier molecular flexibility index (Phi) is 5.28. The minimum atomic E-state index is -0.742. The lowest BCUT2D eigenvalue weighted by Crippen LogP contribution is -2.18. The number of carbonyl (C=O) groups is 2. The average Bonchev–Trinajstić information content (AvgIpc) is 2.02. The van der Waals surface area contributed by atoms with E-state index in [1.807, 2.05) is 19.0 Å². The fourth-order valence-corrected chi connectivity index (χ4v) is 0.772. The maximum atomic E-state index is 10.9. The molecule has 0 aliphatic rings. The van der Waals surface area contributed by atoms with Crippen LogP contribution in [0.4, 0.5) is 0 Å². The van der Waals surface area contributed by atoms with Crippen molar-refractivity contribution >= 4 is 11.8 Å². The Morgan fingerprint density at radius 1 is 1.33 bits per heavy atom. The highest BCUT2D eigenvalue weighted by molar-refractivity contribution is 6.33. The molecular weight excluding hydrogens is 158 g/mol. The summed E-state index contributed by atoms with van der Waals surface area (Å²) in [6.07, 6.45) is 0.964. The number of Topliss-reactive ketones (excluding diaryl/α,β-unsaturated/α-hetero) is 1. The number of nitrogens with zero attached hydrogens (tertiary/aromatic N) is 1. The Morgan fingerprint density at radius 3 is 2.33 bits per heavy atom. The van der Waals surface area contributed by atoms with Crippen LogP contribution in [0.1, 0.15) is 12.8 Å². The zero-order valence-electron chi connectivity index (χ0n) is 7.79. The molecule has 0 atom stereocenters. The predicted molar refractivity (Wildman–Crippen MR) is 44.8 cm³/mol. The monoisotopic (exact) mass is 173 g/mol. The van der Waals surface area contributed by atoms with Gasteiger partial charge in [0.25, 0.3) is 0 Å². The highest BCUT2D eigenvalue weighted by Crippen LogP contribution is 1.93. The summed E-state index contributed by atoms with van der Waals surface area (Å²) >= 11 is 0. The van der Waals surface area contributed by atoms with Crippen molar-refractivity contribution in [2.45, 2.75) is 12.8 Å². The van der Waals surface area contributed by atoms with Crippen molar-refractivity contribution in [3.05, 3.63) is 0 Å². The third-order valence-corrected chi connectivity index (χ3v) is 1.42. The van der Waals surface area contributed by atoms with Crippen LogP contribution in [0.3, 0.4) is 0 Å². The Hall–Kier alpha value is -0.900. The summed E-state index contributed by atoms with van der Waals surface area (Å²) in [7, 11) is 5.05. The first-order valence-electron chi connectivity index (χ1n) is 3.83. The molecule has 4 heteroatoms. The van der Waals surface area contributed by atoms with Crippen LogP contribution < -0.4 is 0 Å². The molecule has 70 valence electrons. The van der Waals surface area contributed by atoms with Crippen molar-refractivity contribution < 1.29 is 14.3 Å². The quantitative estimate of drug-likeness (QED) is 0.436. The van der Waals surface area contributed by atoms with Gasteiger partial charge in [-0.1, -0.05) is 0 Å². The van der Waals surface area contributed by atoms with Crippen molar-refractivity contribution in [1.29, 1.82) is 0 Å². The number of methoxy groups -OCH3 is 1. The fraction of sp³-hybridized carbons (Fsp3) is 0.750. The highest BCUT2D eigenvalue weighted by Gasteiger charge is 2.12. The molecule has 0 rings (SSSR count). The number of hydrogen-bond donors (Lipinski definition) is 0. The van der Waals surface area contributed by atoms with Gasteiger partial charge in [-0.3, -0.25) is 4.79 Å². The zero-order valence-corrected chi connectivity index (χ0v) is 7.79. The summed E-state index contributed by atoms with van der Waals surface area (Å²) < 4.78 is 4.27. The number of ketones is 1. The topological polar surface area (TPSA) is 46.6 Å². The average molecular weight is 173 g/mol. The van der Waals surface area contributed by atoms with Gasteiger partial charge in [0.2, 0.25) is 5.78 Å². The molecule has 0 aromatic carbocycles. The summed E-state index contributed by atoms with van der Waals surface area (Å²) in [4.78, 5) is 23.4. The zero-order chi connectivity index (χ0) is 9.56. The minimum absolute atomic E-state index is 0.269. The Morgan fingerprint density at radius 2 is 1.92 bits per heavy atom. The van der Waals surface area contributed by atoms with Crippen molar-refractivity contribution in [1.82, 2.24) is 4.90 Å². The second-order valence-electron chi connectivity index (χ2n) is 2.82. The van der Waals surface area contributed by atoms with E-state index >= 15 is 0 Å². The molecule has 0 aromatic heterocycles. The van der Waals surface area contributed by atoms with E-state index in [1.54, 1.807) is 0 Å². The van der Waals surface area contributed by atoms with E-state index in [-0.39, 0.29) is 6.42 Å². The molecule has 0 saturated heterocycles. The van der Waals surface area contributed by atoms with Crippen LogP contribution in [-0.2, 0) is 14.3 Å². The van der Waals surface area contributed by atoms with Gasteiger partial charge in [0.05, 0.1) is 7.11 Å². The third-order valence-electron chi connectivity index (χ3n) is 1.42. The van der Waals surface area contributed by atoms with Crippen LogP contribution >= 0.6 is 0 Å². The van der Waals surface area contributed by atoms with Crippen molar-refractivity contribution in [3.63, 3.8) is 0 Å². The lowest BCUT2D eigenvalue weighted by Gasteiger charge is -2.07. The van der Waals surface area contributed by atoms with Gasteiger partial charge in [-0.25, -0.2) is 4.79 Å². The molecule has 0 spiro atoms. The van der Waals surface area contributed by atoms with E-state index in [9.17, 15) is 9.59 Å². The van der Waals surface area contributed by atoms with Gasteiger partial charge in [0.1, 0.15) is 0 Å². The SMILES string of the molecule is COC(=O)C(=O)CCCN(C)C. The van der Waals surface area contributed by atoms with Gasteiger partial charge in [-0.05, 0) is 27.1 Å². The first-order chi connectivity index (χ1) is 5.57. The molecule has 12 heavy (non-hydrogen) atoms. The molecule has 0 aliphatic heterocycles. The lowest BCUT2D eigenvalue weighted by molar-refractivity contribution is -0.151. The van der Waals surface area contributed by atoms with Crippen LogP contribution in [0.2, 0.25) is 0 Å². The van der Waals surface area contributed by atoms with E-state index < -0.39 is 11.8 Å². The molecular formula is C8H15NO3. The molecule has 0 saturated carbocycles. The molecule has 0 N–H and O–H groups in total. The van der Waals surface area contributed by atoms with E-state index in [2.05, 4.69) is 4.74 Å². The van der Waals surface area contributed by atoms with Crippen LogP contribution in [0, 0.1) is 0 Å². The molecule has 0 heterocycles. The van der Waals surface area contributed by atoms with Crippen molar-refractivity contribution in [2.75, 3.05) is 27.7 Å². The maximum absolute atomic E-state index is 10.9. The van der Waals surface area contributed by atoms with Crippen molar-refractivity contribution in [2.24, 2.45) is 0 Å². The van der Waals surface area contributed by atoms with Crippen LogP contribution in [-0.4, -0.2) is 44.4 Å². The molecule has 0 amide bonds. The maximum Gasteiger partial charge on any atom is 0.374 e. The van der Waals surface area contributed by atoms with Gasteiger partial charge in [-0.15, -0.1) is 0 Å². The summed E-state index contributed by atoms with van der Waals surface area (Å²) in [5.41, 5.74) is 0. The van der Waals surface area contributed by atoms with E-state index in [0.29, 0.717) is 6.42 Å². The Bertz CT molecular complexity index is 166. The number of rotatable bonds is 5. The number of carbonyl (C=O) groups excluding carboxylic acids is 2. The second kappa shape index (κ2) is 5.71. The van der Waals surface area contributed by atoms with Crippen molar-refractivity contribution in [3.8, 4) is 0 Å². The molecule has 0 aliphatic carbocycles. The molecule has 0 bridgehead atoms. The smallest absolute Gasteiger partial charge is 0.374 e. The summed E-state index contributed by atoms with van der Waals surface area (Å²) in [6.45, 7) is 0.808. The molecule has 0 radical (unpaired) electrons. The number of esters is 1. The second-order valence-corrected chi connectivity index (χ2v) is 2.82. The van der Waals surface area contributed by atoms with E-state index in [0.717, 1.165) is 6.54 Å². The van der Waals surface area contributed by atoms with Gasteiger partial charge in [0, 0.05) is 6.42 Å². The Balaban J connectivity index is 3.51.